The van der Waals surface area contributed by atoms with Gasteiger partial charge in [0, 0.05) is 12.1 Å². The van der Waals surface area contributed by atoms with Crippen LogP contribution in [-0.2, 0) is 9.59 Å². The molecule has 0 spiro atoms. The van der Waals surface area contributed by atoms with Crippen LogP contribution in [0.15, 0.2) is 53.2 Å². The van der Waals surface area contributed by atoms with Gasteiger partial charge in [-0.2, -0.15) is 0 Å². The van der Waals surface area contributed by atoms with Crippen molar-refractivity contribution in [3.8, 4) is 17.2 Å². The largest absolute Gasteiger partial charge is 0.496 e. The first-order valence-corrected chi connectivity index (χ1v) is 9.49. The predicted molar refractivity (Wildman–Crippen MR) is 110 cm³/mol. The smallest absolute Gasteiger partial charge is 0.321 e. The SMILES string of the molecule is C/C=C/C(=O)SCC(=O)Oc1cc(OC)cc(OC)c1C(=O)/C=C/c1ccco1. The minimum absolute atomic E-state index is 0.0284. The second-order valence-corrected chi connectivity index (χ2v) is 6.48. The molecule has 0 saturated heterocycles. The number of furan rings is 1. The molecule has 0 bridgehead atoms. The van der Waals surface area contributed by atoms with Crippen molar-refractivity contribution >= 4 is 34.7 Å². The zero-order valence-corrected chi connectivity index (χ0v) is 17.0. The molecule has 29 heavy (non-hydrogen) atoms. The lowest BCUT2D eigenvalue weighted by Crippen LogP contribution is -2.14. The van der Waals surface area contributed by atoms with E-state index in [-0.39, 0.29) is 27.9 Å². The van der Waals surface area contributed by atoms with Gasteiger partial charge in [-0.1, -0.05) is 17.8 Å². The van der Waals surface area contributed by atoms with Crippen molar-refractivity contribution in [2.45, 2.75) is 6.92 Å². The van der Waals surface area contributed by atoms with Crippen molar-refractivity contribution in [2.24, 2.45) is 0 Å². The molecule has 0 saturated carbocycles. The summed E-state index contributed by atoms with van der Waals surface area (Å²) in [6.07, 6.45) is 7.18. The molecule has 152 valence electrons. The summed E-state index contributed by atoms with van der Waals surface area (Å²) in [5.41, 5.74) is 0.0502. The molecule has 2 aromatic rings. The molecule has 0 fully saturated rings. The number of benzene rings is 1. The van der Waals surface area contributed by atoms with E-state index in [1.165, 1.54) is 50.8 Å². The zero-order chi connectivity index (χ0) is 21.2. The number of hydrogen-bond acceptors (Lipinski definition) is 8. The van der Waals surface area contributed by atoms with E-state index in [0.29, 0.717) is 11.5 Å². The lowest BCUT2D eigenvalue weighted by atomic mass is 10.1. The summed E-state index contributed by atoms with van der Waals surface area (Å²) in [6, 6.07) is 6.30. The Balaban J connectivity index is 2.29. The lowest BCUT2D eigenvalue weighted by Gasteiger charge is -2.14. The van der Waals surface area contributed by atoms with E-state index in [0.717, 1.165) is 11.8 Å². The highest BCUT2D eigenvalue weighted by atomic mass is 32.2. The Labute approximate surface area is 172 Å². The topological polar surface area (TPSA) is 92.0 Å². The van der Waals surface area contributed by atoms with Gasteiger partial charge in [-0.25, -0.2) is 0 Å². The molecule has 0 unspecified atom stereocenters. The molecular weight excluding hydrogens is 396 g/mol. The van der Waals surface area contributed by atoms with Crippen molar-refractivity contribution in [2.75, 3.05) is 20.0 Å². The van der Waals surface area contributed by atoms with Crippen LogP contribution in [0.4, 0.5) is 0 Å². The van der Waals surface area contributed by atoms with E-state index in [2.05, 4.69) is 0 Å². The average Bonchev–Trinajstić information content (AvgIpc) is 3.23. The second-order valence-electron chi connectivity index (χ2n) is 5.50. The van der Waals surface area contributed by atoms with Crippen LogP contribution >= 0.6 is 11.8 Å². The Kier molecular flexibility index (Phi) is 8.29. The third-order valence-corrected chi connectivity index (χ3v) is 4.34. The van der Waals surface area contributed by atoms with Crippen LogP contribution < -0.4 is 14.2 Å². The first-order valence-electron chi connectivity index (χ1n) is 8.50. The minimum atomic E-state index is -0.688. The van der Waals surface area contributed by atoms with Gasteiger partial charge in [0.25, 0.3) is 0 Å². The van der Waals surface area contributed by atoms with E-state index < -0.39 is 11.8 Å². The summed E-state index contributed by atoms with van der Waals surface area (Å²) in [4.78, 5) is 36.5. The summed E-state index contributed by atoms with van der Waals surface area (Å²) in [6.45, 7) is 1.70. The summed E-state index contributed by atoms with van der Waals surface area (Å²) >= 11 is 0.797. The molecule has 1 aromatic carbocycles. The second kappa shape index (κ2) is 10.9. The van der Waals surface area contributed by atoms with Gasteiger partial charge in [0.05, 0.1) is 26.2 Å². The Morgan fingerprint density at radius 3 is 2.48 bits per heavy atom. The van der Waals surface area contributed by atoms with Crippen molar-refractivity contribution in [3.63, 3.8) is 0 Å². The van der Waals surface area contributed by atoms with Crippen molar-refractivity contribution in [1.29, 1.82) is 0 Å². The molecule has 1 heterocycles. The molecular formula is C21H20O7S. The Morgan fingerprint density at radius 2 is 1.86 bits per heavy atom. The number of carbonyl (C=O) groups is 3. The van der Waals surface area contributed by atoms with Gasteiger partial charge in [-0.3, -0.25) is 14.4 Å². The number of allylic oxidation sites excluding steroid dienone is 2. The monoisotopic (exact) mass is 416 g/mol. The molecule has 1 aromatic heterocycles. The van der Waals surface area contributed by atoms with Gasteiger partial charge in [-0.15, -0.1) is 0 Å². The van der Waals surface area contributed by atoms with Gasteiger partial charge < -0.3 is 18.6 Å². The first-order chi connectivity index (χ1) is 14.0. The number of ether oxygens (including phenoxy) is 3. The quantitative estimate of drug-likeness (QED) is 0.263. The van der Waals surface area contributed by atoms with Gasteiger partial charge in [-0.05, 0) is 37.3 Å². The lowest BCUT2D eigenvalue weighted by molar-refractivity contribution is -0.131. The molecule has 0 radical (unpaired) electrons. The molecule has 0 aliphatic rings. The number of thioether (sulfide) groups is 1. The van der Waals surface area contributed by atoms with E-state index in [9.17, 15) is 14.4 Å². The highest BCUT2D eigenvalue weighted by molar-refractivity contribution is 8.14. The molecule has 0 N–H and O–H groups in total. The Hall–Kier alpha value is -3.26. The van der Waals surface area contributed by atoms with Crippen LogP contribution in [-0.4, -0.2) is 36.8 Å². The number of rotatable bonds is 9. The third-order valence-electron chi connectivity index (χ3n) is 3.54. The fraction of sp³-hybridized carbons (Fsp3) is 0.190. The van der Waals surface area contributed by atoms with Gasteiger partial charge in [0.1, 0.15) is 28.6 Å². The number of methoxy groups -OCH3 is 2. The molecule has 7 nitrogen and oxygen atoms in total. The van der Waals surface area contributed by atoms with Crippen LogP contribution in [0, 0.1) is 0 Å². The summed E-state index contributed by atoms with van der Waals surface area (Å²) in [5, 5.41) is -0.273. The maximum atomic E-state index is 12.8. The Morgan fingerprint density at radius 1 is 1.10 bits per heavy atom. The van der Waals surface area contributed by atoms with Crippen LogP contribution in [0.25, 0.3) is 6.08 Å². The van der Waals surface area contributed by atoms with Crippen LogP contribution in [0.5, 0.6) is 17.2 Å². The average molecular weight is 416 g/mol. The van der Waals surface area contributed by atoms with E-state index in [4.69, 9.17) is 18.6 Å². The summed E-state index contributed by atoms with van der Waals surface area (Å²) in [7, 11) is 2.82. The van der Waals surface area contributed by atoms with Crippen molar-refractivity contribution < 1.29 is 33.0 Å². The predicted octanol–water partition coefficient (Wildman–Crippen LogP) is 3.93. The zero-order valence-electron chi connectivity index (χ0n) is 16.2. The summed E-state index contributed by atoms with van der Waals surface area (Å²) in [5.74, 6) is -0.373. The Bertz CT molecular complexity index is 927. The molecule has 0 amide bonds. The van der Waals surface area contributed by atoms with E-state index in [1.807, 2.05) is 0 Å². The van der Waals surface area contributed by atoms with Gasteiger partial charge in [0.2, 0.25) is 5.12 Å². The number of hydrogen-bond donors (Lipinski definition) is 0. The molecule has 8 heteroatoms. The normalized spacial score (nSPS) is 11.0. The maximum Gasteiger partial charge on any atom is 0.321 e. The molecule has 2 rings (SSSR count). The fourth-order valence-electron chi connectivity index (χ4n) is 2.26. The number of ketones is 1. The van der Waals surface area contributed by atoms with Gasteiger partial charge >= 0.3 is 5.97 Å². The maximum absolute atomic E-state index is 12.8. The van der Waals surface area contributed by atoms with Gasteiger partial charge in [0.15, 0.2) is 5.78 Å². The van der Waals surface area contributed by atoms with Crippen molar-refractivity contribution in [1.82, 2.24) is 0 Å². The highest BCUT2D eigenvalue weighted by Gasteiger charge is 2.21. The highest BCUT2D eigenvalue weighted by Crippen LogP contribution is 2.35. The third kappa shape index (κ3) is 6.39. The van der Waals surface area contributed by atoms with E-state index >= 15 is 0 Å². The van der Waals surface area contributed by atoms with Crippen LogP contribution in [0.1, 0.15) is 23.0 Å². The summed E-state index contributed by atoms with van der Waals surface area (Å²) < 4.78 is 21.0. The standard InChI is InChI=1S/C21H20O7S/c1-4-6-20(24)29-13-19(23)28-18-12-15(25-2)11-17(26-3)21(18)16(22)9-8-14-7-5-10-27-14/h4-12H,13H2,1-3H3/b6-4+,9-8+. The number of esters is 1. The van der Waals surface area contributed by atoms with Crippen LogP contribution in [0.2, 0.25) is 0 Å². The molecule has 0 atom stereocenters. The molecule has 0 aliphatic heterocycles. The van der Waals surface area contributed by atoms with Crippen LogP contribution in [0.3, 0.4) is 0 Å². The fourth-order valence-corrected chi connectivity index (χ4v) is 2.81. The number of carbonyl (C=O) groups excluding carboxylic acids is 3. The minimum Gasteiger partial charge on any atom is -0.496 e. The van der Waals surface area contributed by atoms with E-state index in [1.54, 1.807) is 25.1 Å². The molecule has 0 aliphatic carbocycles. The van der Waals surface area contributed by atoms with Crippen molar-refractivity contribution in [3.05, 3.63) is 60.1 Å². The first kappa shape index (κ1) is 22.0.